The average molecular weight is 440 g/mol. The lowest BCUT2D eigenvalue weighted by atomic mass is 10.0. The quantitative estimate of drug-likeness (QED) is 0.327. The van der Waals surface area contributed by atoms with E-state index in [0.717, 1.165) is 39.2 Å². The minimum absolute atomic E-state index is 0.634. The SMILES string of the molecule is CCOc1ccc(-c2nnc3c4cc(OC)c(OC)cc4n(Cc4ccccc4)cc2-3)cc1. The largest absolute Gasteiger partial charge is 0.494 e. The fourth-order valence-corrected chi connectivity index (χ4v) is 4.16. The number of rotatable bonds is 7. The molecule has 3 aromatic carbocycles. The molecule has 0 atom stereocenters. The fourth-order valence-electron chi connectivity index (χ4n) is 4.16. The van der Waals surface area contributed by atoms with Crippen LogP contribution >= 0.6 is 0 Å². The standard InChI is InChI=1S/C27H25N3O3/c1-4-33-20-12-10-19(11-13-20)26-22-17-30(16-18-8-6-5-7-9-18)23-15-25(32-3)24(31-2)14-21(23)27(22)29-28-26/h5-15,17H,4,16H2,1-3H3. The van der Waals surface area contributed by atoms with Gasteiger partial charge in [-0.25, -0.2) is 0 Å². The molecule has 0 bridgehead atoms. The molecule has 6 heteroatoms. The predicted molar refractivity (Wildman–Crippen MR) is 129 cm³/mol. The van der Waals surface area contributed by atoms with Gasteiger partial charge in [0.15, 0.2) is 11.5 Å². The minimum atomic E-state index is 0.634. The van der Waals surface area contributed by atoms with Gasteiger partial charge in [0.2, 0.25) is 0 Å². The van der Waals surface area contributed by atoms with Gasteiger partial charge in [-0.05, 0) is 42.8 Å². The van der Waals surface area contributed by atoms with Gasteiger partial charge in [0.25, 0.3) is 0 Å². The lowest BCUT2D eigenvalue weighted by Gasteiger charge is -2.17. The zero-order chi connectivity index (χ0) is 22.8. The molecule has 5 rings (SSSR count). The molecule has 0 amide bonds. The first-order valence-corrected chi connectivity index (χ1v) is 10.9. The van der Waals surface area contributed by atoms with Gasteiger partial charge in [-0.1, -0.05) is 30.3 Å². The van der Waals surface area contributed by atoms with E-state index >= 15 is 0 Å². The molecular weight excluding hydrogens is 414 g/mol. The van der Waals surface area contributed by atoms with Gasteiger partial charge in [-0.3, -0.25) is 0 Å². The number of hydrogen-bond donors (Lipinski definition) is 0. The van der Waals surface area contributed by atoms with Crippen LogP contribution in [0, 0.1) is 0 Å². The smallest absolute Gasteiger partial charge is 0.162 e. The Balaban J connectivity index is 1.71. The van der Waals surface area contributed by atoms with Crippen molar-refractivity contribution in [3.8, 4) is 39.8 Å². The van der Waals surface area contributed by atoms with Crippen molar-refractivity contribution in [1.29, 1.82) is 0 Å². The molecule has 3 aromatic rings. The van der Waals surface area contributed by atoms with Crippen LogP contribution in [0.25, 0.3) is 33.4 Å². The maximum Gasteiger partial charge on any atom is 0.162 e. The van der Waals surface area contributed by atoms with Crippen molar-refractivity contribution in [1.82, 2.24) is 14.8 Å². The normalized spacial score (nSPS) is 11.1. The Morgan fingerprint density at radius 1 is 0.818 bits per heavy atom. The average Bonchev–Trinajstić information content (AvgIpc) is 3.28. The molecule has 2 heterocycles. The summed E-state index contributed by atoms with van der Waals surface area (Å²) in [5.41, 5.74) is 5.85. The number of nitrogens with zero attached hydrogens (tertiary/aromatic N) is 3. The maximum atomic E-state index is 5.59. The zero-order valence-electron chi connectivity index (χ0n) is 18.9. The highest BCUT2D eigenvalue weighted by atomic mass is 16.5. The van der Waals surface area contributed by atoms with Crippen molar-refractivity contribution in [2.45, 2.75) is 13.5 Å². The molecule has 0 spiro atoms. The zero-order valence-corrected chi connectivity index (χ0v) is 18.9. The van der Waals surface area contributed by atoms with Crippen molar-refractivity contribution >= 4 is 10.9 Å². The molecule has 33 heavy (non-hydrogen) atoms. The molecule has 0 aliphatic carbocycles. The Bertz CT molecular complexity index is 1360. The molecule has 2 aliphatic rings. The third kappa shape index (κ3) is 3.84. The molecule has 0 fully saturated rings. The second kappa shape index (κ2) is 8.82. The van der Waals surface area contributed by atoms with Gasteiger partial charge in [0.1, 0.15) is 17.1 Å². The summed E-state index contributed by atoms with van der Waals surface area (Å²) < 4.78 is 19.0. The molecule has 0 saturated carbocycles. The molecule has 0 aromatic heterocycles. The van der Waals surface area contributed by atoms with Crippen LogP contribution in [0.2, 0.25) is 0 Å². The highest BCUT2D eigenvalue weighted by molar-refractivity contribution is 5.99. The summed E-state index contributed by atoms with van der Waals surface area (Å²) in [6.45, 7) is 3.32. The van der Waals surface area contributed by atoms with E-state index in [9.17, 15) is 0 Å². The number of pyridine rings is 1. The lowest BCUT2D eigenvalue weighted by molar-refractivity contribution is 0.340. The van der Waals surface area contributed by atoms with Gasteiger partial charge >= 0.3 is 0 Å². The molecule has 0 saturated heterocycles. The van der Waals surface area contributed by atoms with Crippen LogP contribution in [0.1, 0.15) is 12.5 Å². The third-order valence-electron chi connectivity index (χ3n) is 5.75. The molecule has 0 radical (unpaired) electrons. The van der Waals surface area contributed by atoms with E-state index in [1.54, 1.807) is 14.2 Å². The number of ether oxygens (including phenoxy) is 3. The Morgan fingerprint density at radius 3 is 2.21 bits per heavy atom. The molecule has 166 valence electrons. The van der Waals surface area contributed by atoms with Gasteiger partial charge in [0, 0.05) is 35.3 Å². The van der Waals surface area contributed by atoms with E-state index < -0.39 is 0 Å². The minimum Gasteiger partial charge on any atom is -0.494 e. The molecule has 0 N–H and O–H groups in total. The van der Waals surface area contributed by atoms with Crippen molar-refractivity contribution in [3.63, 3.8) is 0 Å². The van der Waals surface area contributed by atoms with E-state index in [1.165, 1.54) is 5.56 Å². The van der Waals surface area contributed by atoms with Crippen molar-refractivity contribution in [3.05, 3.63) is 78.5 Å². The number of aromatic nitrogens is 3. The third-order valence-corrected chi connectivity index (χ3v) is 5.75. The Labute approximate surface area is 192 Å². The van der Waals surface area contributed by atoms with Crippen LogP contribution in [0.5, 0.6) is 17.2 Å². The number of fused-ring (bicyclic) bond motifs is 3. The Hall–Kier alpha value is -4.06. The highest BCUT2D eigenvalue weighted by Crippen LogP contribution is 2.41. The summed E-state index contributed by atoms with van der Waals surface area (Å²) in [6.07, 6.45) is 2.13. The summed E-state index contributed by atoms with van der Waals surface area (Å²) in [4.78, 5) is 0. The Kier molecular flexibility index (Phi) is 5.57. The first kappa shape index (κ1) is 20.8. The summed E-state index contributed by atoms with van der Waals surface area (Å²) >= 11 is 0. The van der Waals surface area contributed by atoms with E-state index in [4.69, 9.17) is 14.2 Å². The monoisotopic (exact) mass is 439 g/mol. The second-order valence-corrected chi connectivity index (χ2v) is 7.74. The topological polar surface area (TPSA) is 58.4 Å². The van der Waals surface area contributed by atoms with Crippen LogP contribution in [-0.4, -0.2) is 35.6 Å². The first-order valence-electron chi connectivity index (χ1n) is 10.9. The fraction of sp³-hybridized carbons (Fsp3) is 0.185. The predicted octanol–water partition coefficient (Wildman–Crippen LogP) is 5.67. The molecule has 6 nitrogen and oxygen atoms in total. The first-order chi connectivity index (χ1) is 16.2. The van der Waals surface area contributed by atoms with Gasteiger partial charge in [-0.2, -0.15) is 0 Å². The van der Waals surface area contributed by atoms with Crippen LogP contribution in [0.3, 0.4) is 0 Å². The molecule has 2 aliphatic heterocycles. The van der Waals surface area contributed by atoms with E-state index in [-0.39, 0.29) is 0 Å². The van der Waals surface area contributed by atoms with Crippen LogP contribution in [0.15, 0.2) is 72.9 Å². The summed E-state index contributed by atoms with van der Waals surface area (Å²) in [5.74, 6) is 2.18. The van der Waals surface area contributed by atoms with Crippen LogP contribution in [-0.2, 0) is 6.54 Å². The number of hydrogen-bond acceptors (Lipinski definition) is 5. The van der Waals surface area contributed by atoms with E-state index in [0.29, 0.717) is 24.7 Å². The van der Waals surface area contributed by atoms with Crippen LogP contribution in [0.4, 0.5) is 0 Å². The van der Waals surface area contributed by atoms with E-state index in [2.05, 4.69) is 45.2 Å². The van der Waals surface area contributed by atoms with Gasteiger partial charge < -0.3 is 18.8 Å². The van der Waals surface area contributed by atoms with Crippen molar-refractivity contribution < 1.29 is 14.2 Å². The summed E-state index contributed by atoms with van der Waals surface area (Å²) in [5, 5.41) is 10.1. The molecule has 0 unspecified atom stereocenters. The van der Waals surface area contributed by atoms with Crippen molar-refractivity contribution in [2.24, 2.45) is 0 Å². The van der Waals surface area contributed by atoms with Crippen molar-refractivity contribution in [2.75, 3.05) is 20.8 Å². The van der Waals surface area contributed by atoms with E-state index in [1.807, 2.05) is 49.4 Å². The highest BCUT2D eigenvalue weighted by Gasteiger charge is 2.22. The summed E-state index contributed by atoms with van der Waals surface area (Å²) in [6, 6.07) is 22.3. The number of benzene rings is 3. The molecular formula is C27H25N3O3. The summed E-state index contributed by atoms with van der Waals surface area (Å²) in [7, 11) is 3.29. The van der Waals surface area contributed by atoms with Gasteiger partial charge in [-0.15, -0.1) is 10.2 Å². The lowest BCUT2D eigenvalue weighted by Crippen LogP contribution is -2.05. The second-order valence-electron chi connectivity index (χ2n) is 7.74. The maximum absolute atomic E-state index is 5.59. The Morgan fingerprint density at radius 2 is 1.52 bits per heavy atom. The van der Waals surface area contributed by atoms with Gasteiger partial charge in [0.05, 0.1) is 26.3 Å². The number of methoxy groups -OCH3 is 2. The van der Waals surface area contributed by atoms with Crippen LogP contribution < -0.4 is 14.2 Å².